The molecule has 2 aliphatic rings. The van der Waals surface area contributed by atoms with E-state index in [-0.39, 0.29) is 23.8 Å². The lowest BCUT2D eigenvalue weighted by Crippen LogP contribution is -2.47. The zero-order valence-corrected chi connectivity index (χ0v) is 17.9. The molecule has 7 heteroatoms. The van der Waals surface area contributed by atoms with Crippen LogP contribution < -0.4 is 4.90 Å². The predicted octanol–water partition coefficient (Wildman–Crippen LogP) is 3.39. The summed E-state index contributed by atoms with van der Waals surface area (Å²) in [6, 6.07) is 3.95. The summed E-state index contributed by atoms with van der Waals surface area (Å²) in [6.45, 7) is 7.81. The van der Waals surface area contributed by atoms with Crippen LogP contribution in [0.1, 0.15) is 46.5 Å². The molecule has 27 heavy (non-hydrogen) atoms. The molecule has 0 unspecified atom stereocenters. The van der Waals surface area contributed by atoms with Crippen LogP contribution in [0, 0.1) is 5.92 Å². The van der Waals surface area contributed by atoms with Crippen molar-refractivity contribution in [2.75, 3.05) is 24.5 Å². The van der Waals surface area contributed by atoms with E-state index < -0.39 is 5.60 Å². The van der Waals surface area contributed by atoms with Gasteiger partial charge in [-0.25, -0.2) is 4.98 Å². The molecule has 0 saturated carbocycles. The Balaban J connectivity index is 1.77. The number of nitrogens with zero attached hydrogens (tertiary/aromatic N) is 3. The van der Waals surface area contributed by atoms with Gasteiger partial charge in [0.05, 0.1) is 12.5 Å². The molecule has 0 N–H and O–H groups in total. The summed E-state index contributed by atoms with van der Waals surface area (Å²) in [5, 5.41) is 0. The Morgan fingerprint density at radius 3 is 2.70 bits per heavy atom. The molecule has 2 saturated heterocycles. The molecule has 0 spiro atoms. The molecular formula is C20H28BrN3O3. The Morgan fingerprint density at radius 1 is 1.30 bits per heavy atom. The number of ether oxygens (including phenoxy) is 1. The predicted molar refractivity (Wildman–Crippen MR) is 107 cm³/mol. The number of anilines is 1. The summed E-state index contributed by atoms with van der Waals surface area (Å²) in [4.78, 5) is 33.6. The minimum absolute atomic E-state index is 0.0239. The number of piperidine rings is 1. The molecular weight excluding hydrogens is 410 g/mol. The highest BCUT2D eigenvalue weighted by Crippen LogP contribution is 2.31. The van der Waals surface area contributed by atoms with Crippen LogP contribution in [0.4, 0.5) is 5.82 Å². The van der Waals surface area contributed by atoms with Crippen molar-refractivity contribution in [2.45, 2.75) is 58.1 Å². The number of esters is 1. The lowest BCUT2D eigenvalue weighted by Gasteiger charge is -2.35. The van der Waals surface area contributed by atoms with Crippen LogP contribution in [-0.4, -0.2) is 53.0 Å². The van der Waals surface area contributed by atoms with Crippen molar-refractivity contribution in [3.63, 3.8) is 0 Å². The van der Waals surface area contributed by atoms with E-state index in [1.807, 2.05) is 37.8 Å². The number of rotatable bonds is 4. The fourth-order valence-electron chi connectivity index (χ4n) is 3.92. The third-order valence-electron chi connectivity index (χ3n) is 5.05. The molecule has 3 heterocycles. The van der Waals surface area contributed by atoms with E-state index in [1.54, 1.807) is 6.20 Å². The molecule has 3 rings (SSSR count). The van der Waals surface area contributed by atoms with Gasteiger partial charge in [0.2, 0.25) is 5.91 Å². The number of pyridine rings is 1. The molecule has 0 radical (unpaired) electrons. The molecule has 2 fully saturated rings. The van der Waals surface area contributed by atoms with Gasteiger partial charge in [0.1, 0.15) is 11.4 Å². The molecule has 0 aromatic carbocycles. The van der Waals surface area contributed by atoms with Gasteiger partial charge < -0.3 is 14.5 Å². The Morgan fingerprint density at radius 2 is 2.07 bits per heavy atom. The average Bonchev–Trinajstić information content (AvgIpc) is 2.97. The lowest BCUT2D eigenvalue weighted by molar-refractivity contribution is -0.157. The van der Waals surface area contributed by atoms with Crippen molar-refractivity contribution in [2.24, 2.45) is 5.92 Å². The average molecular weight is 438 g/mol. The molecule has 2 aliphatic heterocycles. The molecule has 1 amide bonds. The third-order valence-corrected chi connectivity index (χ3v) is 5.52. The minimum atomic E-state index is -0.501. The Hall–Kier alpha value is -1.63. The molecule has 1 aromatic rings. The smallest absolute Gasteiger partial charge is 0.306 e. The summed E-state index contributed by atoms with van der Waals surface area (Å²) >= 11 is 3.41. The van der Waals surface area contributed by atoms with Gasteiger partial charge in [-0.05, 0) is 61.7 Å². The largest absolute Gasteiger partial charge is 0.460 e. The first kappa shape index (κ1) is 20.1. The van der Waals surface area contributed by atoms with Crippen LogP contribution >= 0.6 is 15.9 Å². The zero-order chi connectivity index (χ0) is 19.6. The van der Waals surface area contributed by atoms with Gasteiger partial charge in [-0.3, -0.25) is 9.59 Å². The second-order valence-electron chi connectivity index (χ2n) is 8.40. The van der Waals surface area contributed by atoms with E-state index in [4.69, 9.17) is 4.74 Å². The first-order chi connectivity index (χ1) is 12.7. The highest BCUT2D eigenvalue weighted by atomic mass is 79.9. The second-order valence-corrected chi connectivity index (χ2v) is 9.32. The lowest BCUT2D eigenvalue weighted by atomic mass is 9.96. The van der Waals surface area contributed by atoms with E-state index in [0.717, 1.165) is 29.7 Å². The maximum Gasteiger partial charge on any atom is 0.306 e. The third kappa shape index (κ3) is 5.21. The highest BCUT2D eigenvalue weighted by molar-refractivity contribution is 9.10. The Labute approximate surface area is 169 Å². The van der Waals surface area contributed by atoms with E-state index >= 15 is 0 Å². The van der Waals surface area contributed by atoms with Gasteiger partial charge in [0.15, 0.2) is 0 Å². The van der Waals surface area contributed by atoms with Gasteiger partial charge in [-0.1, -0.05) is 0 Å². The number of carbonyl (C=O) groups excluding carboxylic acids is 2. The van der Waals surface area contributed by atoms with Crippen molar-refractivity contribution < 1.29 is 14.3 Å². The van der Waals surface area contributed by atoms with E-state index in [2.05, 4.69) is 25.8 Å². The fourth-order valence-corrected chi connectivity index (χ4v) is 4.16. The van der Waals surface area contributed by atoms with E-state index in [0.29, 0.717) is 25.9 Å². The quantitative estimate of drug-likeness (QED) is 0.675. The Kier molecular flexibility index (Phi) is 6.08. The van der Waals surface area contributed by atoms with Gasteiger partial charge in [-0.15, -0.1) is 0 Å². The normalized spacial score (nSPS) is 23.6. The van der Waals surface area contributed by atoms with Crippen LogP contribution in [0.2, 0.25) is 0 Å². The molecule has 6 nitrogen and oxygen atoms in total. The monoisotopic (exact) mass is 437 g/mol. The van der Waals surface area contributed by atoms with Crippen LogP contribution in [0.5, 0.6) is 0 Å². The fraction of sp³-hybridized carbons (Fsp3) is 0.650. The van der Waals surface area contributed by atoms with Crippen molar-refractivity contribution in [3.8, 4) is 0 Å². The molecule has 2 atom stereocenters. The maximum atomic E-state index is 12.5. The number of halogens is 1. The standard InChI is InChI=1S/C20H28BrN3O3/c1-20(2,3)27-19(26)10-14-12-23(17-8-7-15(21)11-22-17)13-16(14)24-9-5-4-6-18(24)25/h7-8,11,14,16H,4-6,9-10,12-13H2,1-3H3/t14-,16-/m0/s1. The summed E-state index contributed by atoms with van der Waals surface area (Å²) in [7, 11) is 0. The van der Waals surface area contributed by atoms with E-state index in [9.17, 15) is 9.59 Å². The summed E-state index contributed by atoms with van der Waals surface area (Å²) < 4.78 is 6.47. The summed E-state index contributed by atoms with van der Waals surface area (Å²) in [5.74, 6) is 0.922. The van der Waals surface area contributed by atoms with Crippen LogP contribution in [-0.2, 0) is 14.3 Å². The number of amides is 1. The Bertz CT molecular complexity index is 687. The zero-order valence-electron chi connectivity index (χ0n) is 16.3. The topological polar surface area (TPSA) is 62.7 Å². The molecule has 0 bridgehead atoms. The number of carbonyl (C=O) groups is 2. The SMILES string of the molecule is CC(C)(C)OC(=O)C[C@H]1CN(c2ccc(Br)cn2)C[C@@H]1N1CCCCC1=O. The minimum Gasteiger partial charge on any atom is -0.460 e. The van der Waals surface area contributed by atoms with E-state index in [1.165, 1.54) is 0 Å². The van der Waals surface area contributed by atoms with Gasteiger partial charge in [0, 0.05) is 42.6 Å². The van der Waals surface area contributed by atoms with Crippen molar-refractivity contribution in [3.05, 3.63) is 22.8 Å². The number of hydrogen-bond acceptors (Lipinski definition) is 5. The first-order valence-corrected chi connectivity index (χ1v) is 10.4. The second kappa shape index (κ2) is 8.17. The molecule has 148 valence electrons. The van der Waals surface area contributed by atoms with Gasteiger partial charge >= 0.3 is 5.97 Å². The van der Waals surface area contributed by atoms with Gasteiger partial charge in [-0.2, -0.15) is 0 Å². The maximum absolute atomic E-state index is 12.5. The van der Waals surface area contributed by atoms with Crippen LogP contribution in [0.25, 0.3) is 0 Å². The number of aromatic nitrogens is 1. The van der Waals surface area contributed by atoms with Crippen LogP contribution in [0.3, 0.4) is 0 Å². The molecule has 1 aromatic heterocycles. The van der Waals surface area contributed by atoms with Crippen molar-refractivity contribution >= 4 is 33.6 Å². The van der Waals surface area contributed by atoms with Crippen molar-refractivity contribution in [1.82, 2.24) is 9.88 Å². The number of hydrogen-bond donors (Lipinski definition) is 0. The van der Waals surface area contributed by atoms with Gasteiger partial charge in [0.25, 0.3) is 0 Å². The molecule has 0 aliphatic carbocycles. The highest BCUT2D eigenvalue weighted by Gasteiger charge is 2.41. The van der Waals surface area contributed by atoms with Crippen molar-refractivity contribution in [1.29, 1.82) is 0 Å². The summed E-state index contributed by atoms with van der Waals surface area (Å²) in [6.07, 6.45) is 4.68. The first-order valence-electron chi connectivity index (χ1n) is 9.61. The van der Waals surface area contributed by atoms with Crippen LogP contribution in [0.15, 0.2) is 22.8 Å². The summed E-state index contributed by atoms with van der Waals surface area (Å²) in [5.41, 5.74) is -0.501. The number of likely N-dealkylation sites (tertiary alicyclic amines) is 1.